The van der Waals surface area contributed by atoms with E-state index < -0.39 is 29.1 Å². The molecule has 0 aliphatic rings. The number of amides is 3. The second-order valence-electron chi connectivity index (χ2n) is 2.42. The molecule has 0 radical (unpaired) electrons. The summed E-state index contributed by atoms with van der Waals surface area (Å²) in [5.74, 6) is -3.30. The molecular formula is C8H6F2N2O2. The van der Waals surface area contributed by atoms with Crippen LogP contribution < -0.4 is 11.1 Å². The molecule has 3 N–H and O–H groups in total. The van der Waals surface area contributed by atoms with Crippen LogP contribution in [0.25, 0.3) is 0 Å². The second-order valence-corrected chi connectivity index (χ2v) is 2.42. The maximum Gasteiger partial charge on any atom is 0.319 e. The number of primary amides is 1. The summed E-state index contributed by atoms with van der Waals surface area (Å²) in [6.45, 7) is 0. The first-order valence-electron chi connectivity index (χ1n) is 3.57. The Hall–Kier alpha value is -1.98. The van der Waals surface area contributed by atoms with Crippen LogP contribution in [0.15, 0.2) is 18.2 Å². The van der Waals surface area contributed by atoms with Crippen molar-refractivity contribution in [1.82, 2.24) is 5.32 Å². The van der Waals surface area contributed by atoms with E-state index in [1.807, 2.05) is 0 Å². The first-order chi connectivity index (χ1) is 6.52. The van der Waals surface area contributed by atoms with Crippen molar-refractivity contribution < 1.29 is 18.4 Å². The fraction of sp³-hybridized carbons (Fsp3) is 0. The van der Waals surface area contributed by atoms with E-state index in [-0.39, 0.29) is 0 Å². The topological polar surface area (TPSA) is 72.2 Å². The third kappa shape index (κ3) is 2.03. The van der Waals surface area contributed by atoms with Gasteiger partial charge in [0.1, 0.15) is 17.2 Å². The zero-order valence-corrected chi connectivity index (χ0v) is 6.88. The van der Waals surface area contributed by atoms with Gasteiger partial charge < -0.3 is 5.73 Å². The monoisotopic (exact) mass is 200 g/mol. The lowest BCUT2D eigenvalue weighted by Gasteiger charge is -2.02. The molecule has 0 heterocycles. The van der Waals surface area contributed by atoms with Gasteiger partial charge in [-0.1, -0.05) is 6.07 Å². The quantitative estimate of drug-likeness (QED) is 0.702. The lowest BCUT2D eigenvalue weighted by Crippen LogP contribution is -2.35. The van der Waals surface area contributed by atoms with E-state index in [4.69, 9.17) is 0 Å². The molecule has 0 spiro atoms. The third-order valence-corrected chi connectivity index (χ3v) is 1.43. The number of hydrogen-bond acceptors (Lipinski definition) is 2. The summed E-state index contributed by atoms with van der Waals surface area (Å²) >= 11 is 0. The highest BCUT2D eigenvalue weighted by atomic mass is 19.1. The number of nitrogens with two attached hydrogens (primary N) is 1. The smallest absolute Gasteiger partial charge is 0.319 e. The van der Waals surface area contributed by atoms with Crippen LogP contribution in [-0.4, -0.2) is 11.9 Å². The summed E-state index contributed by atoms with van der Waals surface area (Å²) in [6.07, 6.45) is 0. The van der Waals surface area contributed by atoms with Crippen LogP contribution in [0.3, 0.4) is 0 Å². The number of carbonyl (C=O) groups excluding carboxylic acids is 2. The Morgan fingerprint density at radius 2 is 1.71 bits per heavy atom. The molecular weight excluding hydrogens is 194 g/mol. The van der Waals surface area contributed by atoms with Crippen molar-refractivity contribution in [2.75, 3.05) is 0 Å². The Bertz CT molecular complexity index is 373. The molecule has 0 saturated heterocycles. The normalized spacial score (nSPS) is 9.57. The summed E-state index contributed by atoms with van der Waals surface area (Å²) in [4.78, 5) is 21.3. The number of nitrogens with one attached hydrogen (secondary N) is 1. The minimum Gasteiger partial charge on any atom is -0.351 e. The minimum atomic E-state index is -1.20. The molecule has 0 fully saturated rings. The van der Waals surface area contributed by atoms with Gasteiger partial charge in [0.05, 0.1) is 0 Å². The Morgan fingerprint density at radius 3 is 2.14 bits per heavy atom. The van der Waals surface area contributed by atoms with Crippen molar-refractivity contribution in [1.29, 1.82) is 0 Å². The SMILES string of the molecule is NC(=O)NC(=O)c1c(F)cccc1F. The Balaban J connectivity index is 3.06. The van der Waals surface area contributed by atoms with E-state index in [0.29, 0.717) is 0 Å². The van der Waals surface area contributed by atoms with Crippen LogP contribution in [0, 0.1) is 11.6 Å². The summed E-state index contributed by atoms with van der Waals surface area (Å²) < 4.78 is 25.8. The second kappa shape index (κ2) is 3.82. The fourth-order valence-electron chi connectivity index (χ4n) is 0.889. The molecule has 74 valence electrons. The molecule has 0 aliphatic heterocycles. The van der Waals surface area contributed by atoms with E-state index in [1.54, 1.807) is 5.32 Å². The van der Waals surface area contributed by atoms with Gasteiger partial charge in [-0.25, -0.2) is 13.6 Å². The molecule has 1 aromatic carbocycles. The summed E-state index contributed by atoms with van der Waals surface area (Å²) in [5, 5.41) is 1.56. The van der Waals surface area contributed by atoms with Gasteiger partial charge in [-0.15, -0.1) is 0 Å². The number of carbonyl (C=O) groups is 2. The molecule has 0 atom stereocenters. The van der Waals surface area contributed by atoms with Crippen LogP contribution >= 0.6 is 0 Å². The van der Waals surface area contributed by atoms with Gasteiger partial charge in [0, 0.05) is 0 Å². The van der Waals surface area contributed by atoms with Crippen LogP contribution in [0.4, 0.5) is 13.6 Å². The highest BCUT2D eigenvalue weighted by molar-refractivity contribution is 6.04. The fourth-order valence-corrected chi connectivity index (χ4v) is 0.889. The Labute approximate surface area is 77.7 Å². The molecule has 4 nitrogen and oxygen atoms in total. The standard InChI is InChI=1S/C8H6F2N2O2/c9-4-2-1-3-5(10)6(4)7(13)12-8(11)14/h1-3H,(H3,11,12,13,14). The number of urea groups is 1. The van der Waals surface area contributed by atoms with Gasteiger partial charge in [0.25, 0.3) is 5.91 Å². The van der Waals surface area contributed by atoms with Crippen molar-refractivity contribution in [3.63, 3.8) is 0 Å². The number of rotatable bonds is 1. The van der Waals surface area contributed by atoms with E-state index in [1.165, 1.54) is 0 Å². The van der Waals surface area contributed by atoms with E-state index in [9.17, 15) is 18.4 Å². The highest BCUT2D eigenvalue weighted by Gasteiger charge is 2.17. The van der Waals surface area contributed by atoms with Crippen LogP contribution in [-0.2, 0) is 0 Å². The van der Waals surface area contributed by atoms with Gasteiger partial charge >= 0.3 is 6.03 Å². The van der Waals surface area contributed by atoms with Crippen LogP contribution in [0.2, 0.25) is 0 Å². The molecule has 0 unspecified atom stereocenters. The summed E-state index contributed by atoms with van der Waals surface area (Å²) in [7, 11) is 0. The maximum absolute atomic E-state index is 12.9. The number of imide groups is 1. The van der Waals surface area contributed by atoms with Gasteiger partial charge in [0.15, 0.2) is 0 Å². The third-order valence-electron chi connectivity index (χ3n) is 1.43. The first kappa shape index (κ1) is 10.1. The lowest BCUT2D eigenvalue weighted by molar-refractivity contribution is 0.0958. The van der Waals surface area contributed by atoms with Crippen molar-refractivity contribution in [3.05, 3.63) is 35.4 Å². The molecule has 1 aromatic rings. The molecule has 0 aromatic heterocycles. The summed E-state index contributed by atoms with van der Waals surface area (Å²) in [5.41, 5.74) is 3.79. The van der Waals surface area contributed by atoms with Crippen LogP contribution in [0.1, 0.15) is 10.4 Å². The number of benzene rings is 1. The molecule has 0 bridgehead atoms. The average molecular weight is 200 g/mol. The van der Waals surface area contributed by atoms with E-state index in [2.05, 4.69) is 5.73 Å². The Kier molecular flexibility index (Phi) is 2.76. The molecule has 6 heteroatoms. The number of hydrogen-bond donors (Lipinski definition) is 2. The van der Waals surface area contributed by atoms with Gasteiger partial charge in [0.2, 0.25) is 0 Å². The maximum atomic E-state index is 12.9. The Morgan fingerprint density at radius 1 is 1.21 bits per heavy atom. The van der Waals surface area contributed by atoms with Crippen molar-refractivity contribution in [3.8, 4) is 0 Å². The van der Waals surface area contributed by atoms with Gasteiger partial charge in [-0.05, 0) is 12.1 Å². The predicted molar refractivity (Wildman–Crippen MR) is 43.4 cm³/mol. The summed E-state index contributed by atoms with van der Waals surface area (Å²) in [6, 6.07) is 1.74. The molecule has 0 saturated carbocycles. The van der Waals surface area contributed by atoms with Gasteiger partial charge in [-0.2, -0.15) is 0 Å². The zero-order chi connectivity index (χ0) is 10.7. The molecule has 14 heavy (non-hydrogen) atoms. The number of halogens is 2. The van der Waals surface area contributed by atoms with E-state index >= 15 is 0 Å². The molecule has 1 rings (SSSR count). The van der Waals surface area contributed by atoms with Gasteiger partial charge in [-0.3, -0.25) is 10.1 Å². The largest absolute Gasteiger partial charge is 0.351 e. The average Bonchev–Trinajstić information content (AvgIpc) is 2.01. The molecule has 3 amide bonds. The lowest BCUT2D eigenvalue weighted by atomic mass is 10.2. The van der Waals surface area contributed by atoms with Crippen LogP contribution in [0.5, 0.6) is 0 Å². The van der Waals surface area contributed by atoms with E-state index in [0.717, 1.165) is 18.2 Å². The van der Waals surface area contributed by atoms with Crippen molar-refractivity contribution in [2.24, 2.45) is 5.73 Å². The zero-order valence-electron chi connectivity index (χ0n) is 6.88. The molecule has 0 aliphatic carbocycles. The predicted octanol–water partition coefficient (Wildman–Crippen LogP) is 0.773. The van der Waals surface area contributed by atoms with Crippen molar-refractivity contribution >= 4 is 11.9 Å². The minimum absolute atomic E-state index is 0.827. The van der Waals surface area contributed by atoms with Crippen molar-refractivity contribution in [2.45, 2.75) is 0 Å². The highest BCUT2D eigenvalue weighted by Crippen LogP contribution is 2.11. The first-order valence-corrected chi connectivity index (χ1v) is 3.57.